The van der Waals surface area contributed by atoms with Gasteiger partial charge in [-0.25, -0.2) is 9.97 Å². The Morgan fingerprint density at radius 3 is 1.88 bits per heavy atom. The molecular weight excluding hydrogens is 679 g/mol. The summed E-state index contributed by atoms with van der Waals surface area (Å²) in [6.07, 6.45) is 0.855. The van der Waals surface area contributed by atoms with E-state index in [2.05, 4.69) is 207 Å². The van der Waals surface area contributed by atoms with Crippen molar-refractivity contribution >= 4 is 27.8 Å². The van der Waals surface area contributed by atoms with E-state index in [0.717, 1.165) is 57.3 Å². The Labute approximate surface area is 328 Å². The molecule has 1 aliphatic rings. The van der Waals surface area contributed by atoms with Crippen LogP contribution in [0.3, 0.4) is 0 Å². The van der Waals surface area contributed by atoms with Crippen molar-refractivity contribution in [3.05, 3.63) is 210 Å². The zero-order chi connectivity index (χ0) is 37.6. The number of hydrogen-bond acceptors (Lipinski definition) is 3. The van der Waals surface area contributed by atoms with Gasteiger partial charge in [-0.05, 0) is 107 Å². The van der Waals surface area contributed by atoms with Gasteiger partial charge in [-0.15, -0.1) is 0 Å². The molecule has 0 spiro atoms. The van der Waals surface area contributed by atoms with Gasteiger partial charge >= 0.3 is 0 Å². The number of aryl methyl sites for hydroxylation is 1. The topological polar surface area (TPSA) is 29.0 Å². The lowest BCUT2D eigenvalue weighted by atomic mass is 9.95. The van der Waals surface area contributed by atoms with E-state index in [9.17, 15) is 0 Å². The Bertz CT molecular complexity index is 2900. The van der Waals surface area contributed by atoms with E-state index in [1.165, 1.54) is 55.4 Å². The van der Waals surface area contributed by atoms with Crippen LogP contribution in [0.25, 0.3) is 66.9 Å². The fourth-order valence-electron chi connectivity index (χ4n) is 8.36. The van der Waals surface area contributed by atoms with Gasteiger partial charge in [0.25, 0.3) is 0 Å². The summed E-state index contributed by atoms with van der Waals surface area (Å²) in [5.41, 5.74) is 18.5. The second-order valence-corrected chi connectivity index (χ2v) is 14.7. The molecule has 56 heavy (non-hydrogen) atoms. The van der Waals surface area contributed by atoms with Gasteiger partial charge in [0.05, 0.1) is 17.1 Å². The Morgan fingerprint density at radius 1 is 0.429 bits per heavy atom. The molecule has 1 heterocycles. The van der Waals surface area contributed by atoms with Crippen LogP contribution in [0.1, 0.15) is 22.3 Å². The van der Waals surface area contributed by atoms with Gasteiger partial charge < -0.3 is 4.90 Å². The van der Waals surface area contributed by atoms with Crippen molar-refractivity contribution in [2.75, 3.05) is 4.90 Å². The van der Waals surface area contributed by atoms with Gasteiger partial charge in [0.15, 0.2) is 5.82 Å². The van der Waals surface area contributed by atoms with Gasteiger partial charge in [0.1, 0.15) is 0 Å². The molecule has 0 unspecified atom stereocenters. The molecule has 0 N–H and O–H groups in total. The van der Waals surface area contributed by atoms with Crippen LogP contribution in [0.5, 0.6) is 0 Å². The average Bonchev–Trinajstić information content (AvgIpc) is 3.64. The molecule has 0 amide bonds. The third-order valence-electron chi connectivity index (χ3n) is 11.2. The standard InChI is InChI=1S/C53H39N3/c1-35-14-9-12-22-47(35)52-36(2)51(54-53(55-52)43-25-24-38-17-10-11-18-40(38)32-43)42-28-31-48-44(34-42)33-41-19-13-23-49(50(41)48)56(45-20-7-4-8-21-45)46-29-26-39(27-30-46)37-15-5-3-6-16-37/h3-32,34H,33H2,1-2H3. The Hall–Kier alpha value is -7.10. The third kappa shape index (κ3) is 5.95. The van der Waals surface area contributed by atoms with E-state index < -0.39 is 0 Å². The zero-order valence-corrected chi connectivity index (χ0v) is 31.4. The fraction of sp³-hybridized carbons (Fsp3) is 0.0566. The second kappa shape index (κ2) is 14.0. The molecule has 3 nitrogen and oxygen atoms in total. The molecule has 1 aromatic heterocycles. The first-order valence-corrected chi connectivity index (χ1v) is 19.3. The summed E-state index contributed by atoms with van der Waals surface area (Å²) in [6.45, 7) is 4.33. The molecule has 1 aliphatic carbocycles. The molecule has 3 heteroatoms. The van der Waals surface area contributed by atoms with Crippen LogP contribution >= 0.6 is 0 Å². The van der Waals surface area contributed by atoms with Crippen molar-refractivity contribution in [3.63, 3.8) is 0 Å². The number of benzene rings is 8. The number of para-hydroxylation sites is 1. The summed E-state index contributed by atoms with van der Waals surface area (Å²) in [6, 6.07) is 67.4. The van der Waals surface area contributed by atoms with Gasteiger partial charge in [-0.1, -0.05) is 146 Å². The van der Waals surface area contributed by atoms with Crippen LogP contribution in [0.15, 0.2) is 188 Å². The molecular formula is C53H39N3. The molecule has 0 bridgehead atoms. The van der Waals surface area contributed by atoms with Crippen molar-refractivity contribution in [3.8, 4) is 56.2 Å². The predicted octanol–water partition coefficient (Wildman–Crippen LogP) is 14.0. The van der Waals surface area contributed by atoms with Crippen molar-refractivity contribution in [1.29, 1.82) is 0 Å². The van der Waals surface area contributed by atoms with Crippen LogP contribution < -0.4 is 4.90 Å². The van der Waals surface area contributed by atoms with Gasteiger partial charge in [-0.3, -0.25) is 0 Å². The van der Waals surface area contributed by atoms with Crippen LogP contribution in [0.4, 0.5) is 17.1 Å². The highest BCUT2D eigenvalue weighted by Crippen LogP contribution is 2.48. The largest absolute Gasteiger partial charge is 0.310 e. The first-order chi connectivity index (χ1) is 27.6. The summed E-state index contributed by atoms with van der Waals surface area (Å²) in [7, 11) is 0. The number of rotatable bonds is 7. The maximum atomic E-state index is 5.34. The Morgan fingerprint density at radius 2 is 1.07 bits per heavy atom. The molecule has 0 atom stereocenters. The van der Waals surface area contributed by atoms with Gasteiger partial charge in [0.2, 0.25) is 0 Å². The normalized spacial score (nSPS) is 11.7. The minimum Gasteiger partial charge on any atom is -0.310 e. The van der Waals surface area contributed by atoms with E-state index in [1.54, 1.807) is 0 Å². The van der Waals surface area contributed by atoms with Crippen LogP contribution in [0, 0.1) is 13.8 Å². The summed E-state index contributed by atoms with van der Waals surface area (Å²) < 4.78 is 0. The lowest BCUT2D eigenvalue weighted by Gasteiger charge is -2.28. The van der Waals surface area contributed by atoms with E-state index in [-0.39, 0.29) is 0 Å². The quantitative estimate of drug-likeness (QED) is 0.164. The SMILES string of the molecule is Cc1ccccc1-c1nc(-c2ccc3ccccc3c2)nc(-c2ccc3c(c2)Cc2cccc(N(c4ccccc4)c4ccc(-c5ccccc5)cc4)c2-3)c1C. The molecule has 266 valence electrons. The number of hydrogen-bond donors (Lipinski definition) is 0. The highest BCUT2D eigenvalue weighted by atomic mass is 15.1. The maximum Gasteiger partial charge on any atom is 0.160 e. The second-order valence-electron chi connectivity index (χ2n) is 14.7. The van der Waals surface area contributed by atoms with Crippen LogP contribution in [-0.4, -0.2) is 9.97 Å². The van der Waals surface area contributed by atoms with Gasteiger partial charge in [0, 0.05) is 39.2 Å². The van der Waals surface area contributed by atoms with E-state index in [4.69, 9.17) is 9.97 Å². The summed E-state index contributed by atoms with van der Waals surface area (Å²) in [5.74, 6) is 0.734. The van der Waals surface area contributed by atoms with Crippen molar-refractivity contribution < 1.29 is 0 Å². The molecule has 8 aromatic carbocycles. The third-order valence-corrected chi connectivity index (χ3v) is 11.2. The van der Waals surface area contributed by atoms with Crippen molar-refractivity contribution in [1.82, 2.24) is 9.97 Å². The summed E-state index contributed by atoms with van der Waals surface area (Å²) in [4.78, 5) is 13.0. The van der Waals surface area contributed by atoms with Crippen molar-refractivity contribution in [2.45, 2.75) is 20.3 Å². The number of fused-ring (bicyclic) bond motifs is 4. The van der Waals surface area contributed by atoms with Crippen LogP contribution in [-0.2, 0) is 6.42 Å². The predicted molar refractivity (Wildman–Crippen MR) is 234 cm³/mol. The monoisotopic (exact) mass is 717 g/mol. The maximum absolute atomic E-state index is 5.34. The minimum absolute atomic E-state index is 0.734. The van der Waals surface area contributed by atoms with Crippen molar-refractivity contribution in [2.24, 2.45) is 0 Å². The highest BCUT2D eigenvalue weighted by Gasteiger charge is 2.27. The number of nitrogens with zero attached hydrogens (tertiary/aromatic N) is 3. The fourth-order valence-corrected chi connectivity index (χ4v) is 8.36. The summed E-state index contributed by atoms with van der Waals surface area (Å²) >= 11 is 0. The Kier molecular flexibility index (Phi) is 8.34. The first kappa shape index (κ1) is 33.5. The summed E-state index contributed by atoms with van der Waals surface area (Å²) in [5, 5.41) is 2.38. The van der Waals surface area contributed by atoms with E-state index in [0.29, 0.717) is 0 Å². The van der Waals surface area contributed by atoms with Crippen LogP contribution in [0.2, 0.25) is 0 Å². The molecule has 0 fully saturated rings. The lowest BCUT2D eigenvalue weighted by Crippen LogP contribution is -2.11. The number of anilines is 3. The van der Waals surface area contributed by atoms with E-state index in [1.807, 2.05) is 0 Å². The van der Waals surface area contributed by atoms with E-state index >= 15 is 0 Å². The Balaban J connectivity index is 1.09. The molecule has 9 aromatic rings. The smallest absolute Gasteiger partial charge is 0.160 e. The molecule has 0 radical (unpaired) electrons. The number of aromatic nitrogens is 2. The molecule has 0 saturated heterocycles. The molecule has 0 aliphatic heterocycles. The zero-order valence-electron chi connectivity index (χ0n) is 31.4. The molecule has 10 rings (SSSR count). The lowest BCUT2D eigenvalue weighted by molar-refractivity contribution is 1.14. The van der Waals surface area contributed by atoms with Gasteiger partial charge in [-0.2, -0.15) is 0 Å². The highest BCUT2D eigenvalue weighted by molar-refractivity contribution is 5.94. The molecule has 0 saturated carbocycles. The average molecular weight is 718 g/mol. The first-order valence-electron chi connectivity index (χ1n) is 19.3. The minimum atomic E-state index is 0.734.